The molecular weight excluding hydrogens is 240 g/mol. The third-order valence-corrected chi connectivity index (χ3v) is 2.58. The van der Waals surface area contributed by atoms with Crippen LogP contribution < -0.4 is 0 Å². The smallest absolute Gasteiger partial charge is 0.382 e. The van der Waals surface area contributed by atoms with E-state index in [2.05, 4.69) is 6.58 Å². The van der Waals surface area contributed by atoms with Gasteiger partial charge < -0.3 is 19.3 Å². The number of ether oxygens (including phenoxy) is 3. The second-order valence-corrected chi connectivity index (χ2v) is 4.09. The van der Waals surface area contributed by atoms with E-state index in [1.54, 1.807) is 0 Å². The van der Waals surface area contributed by atoms with E-state index in [9.17, 15) is 14.7 Å². The van der Waals surface area contributed by atoms with Crippen molar-refractivity contribution in [3.05, 3.63) is 12.3 Å². The van der Waals surface area contributed by atoms with Crippen LogP contribution in [-0.2, 0) is 23.8 Å². The highest BCUT2D eigenvalue weighted by Gasteiger charge is 2.55. The van der Waals surface area contributed by atoms with E-state index in [0.29, 0.717) is 6.61 Å². The number of rotatable bonds is 7. The molecule has 1 aliphatic rings. The molecule has 1 rings (SSSR count). The number of cyclic esters (lactones) is 1. The summed E-state index contributed by atoms with van der Waals surface area (Å²) in [5.74, 6) is -4.03. The lowest BCUT2D eigenvalue weighted by Gasteiger charge is -2.26. The van der Waals surface area contributed by atoms with Crippen LogP contribution in [0.1, 0.15) is 26.7 Å². The second-order valence-electron chi connectivity index (χ2n) is 4.09. The SMILES string of the molecule is C=C(OC1(O)C(=O)OCC1OCCCC)C(C)=O. The highest BCUT2D eigenvalue weighted by atomic mass is 16.7. The molecular formula is C12H18O6. The molecule has 0 radical (unpaired) electrons. The topological polar surface area (TPSA) is 82.1 Å². The lowest BCUT2D eigenvalue weighted by atomic mass is 10.2. The van der Waals surface area contributed by atoms with E-state index in [1.165, 1.54) is 6.92 Å². The van der Waals surface area contributed by atoms with Crippen LogP contribution in [0.4, 0.5) is 0 Å². The van der Waals surface area contributed by atoms with Crippen molar-refractivity contribution in [3.8, 4) is 0 Å². The number of carbonyl (C=O) groups is 2. The van der Waals surface area contributed by atoms with Crippen molar-refractivity contribution in [2.24, 2.45) is 0 Å². The molecule has 1 heterocycles. The maximum absolute atomic E-state index is 11.5. The molecule has 0 aliphatic carbocycles. The van der Waals surface area contributed by atoms with E-state index in [1.807, 2.05) is 6.92 Å². The van der Waals surface area contributed by atoms with Crippen molar-refractivity contribution in [2.75, 3.05) is 13.2 Å². The Morgan fingerprint density at radius 2 is 2.33 bits per heavy atom. The molecule has 0 aromatic carbocycles. The van der Waals surface area contributed by atoms with Crippen LogP contribution in [0, 0.1) is 0 Å². The number of aliphatic hydroxyl groups is 1. The zero-order chi connectivity index (χ0) is 13.8. The van der Waals surface area contributed by atoms with Gasteiger partial charge in [-0.05, 0) is 6.42 Å². The Morgan fingerprint density at radius 3 is 2.89 bits per heavy atom. The lowest BCUT2D eigenvalue weighted by molar-refractivity contribution is -0.225. The molecule has 0 saturated carbocycles. The highest BCUT2D eigenvalue weighted by Crippen LogP contribution is 2.27. The van der Waals surface area contributed by atoms with Crippen molar-refractivity contribution in [3.63, 3.8) is 0 Å². The van der Waals surface area contributed by atoms with Gasteiger partial charge in [0, 0.05) is 13.5 Å². The molecule has 1 fully saturated rings. The predicted octanol–water partition coefficient (Wildman–Crippen LogP) is 0.536. The second kappa shape index (κ2) is 5.97. The lowest BCUT2D eigenvalue weighted by Crippen LogP contribution is -2.48. The maximum atomic E-state index is 11.5. The third kappa shape index (κ3) is 3.08. The summed E-state index contributed by atoms with van der Waals surface area (Å²) < 4.78 is 15.0. The Kier molecular flexibility index (Phi) is 4.86. The fourth-order valence-electron chi connectivity index (χ4n) is 1.40. The molecule has 0 aromatic heterocycles. The quantitative estimate of drug-likeness (QED) is 0.236. The summed E-state index contributed by atoms with van der Waals surface area (Å²) in [6.45, 7) is 6.80. The van der Waals surface area contributed by atoms with E-state index in [-0.39, 0.29) is 12.4 Å². The summed E-state index contributed by atoms with van der Waals surface area (Å²) in [5, 5.41) is 10.1. The predicted molar refractivity (Wildman–Crippen MR) is 61.5 cm³/mol. The van der Waals surface area contributed by atoms with Gasteiger partial charge in [-0.25, -0.2) is 4.79 Å². The van der Waals surface area contributed by atoms with Gasteiger partial charge in [-0.1, -0.05) is 19.9 Å². The fourth-order valence-corrected chi connectivity index (χ4v) is 1.40. The van der Waals surface area contributed by atoms with Crippen LogP contribution in [0.25, 0.3) is 0 Å². The van der Waals surface area contributed by atoms with Gasteiger partial charge in [0.05, 0.1) is 0 Å². The molecule has 2 atom stereocenters. The summed E-state index contributed by atoms with van der Waals surface area (Å²) in [4.78, 5) is 22.5. The minimum absolute atomic E-state index is 0.107. The van der Waals surface area contributed by atoms with Gasteiger partial charge >= 0.3 is 11.8 Å². The van der Waals surface area contributed by atoms with Crippen molar-refractivity contribution >= 4 is 11.8 Å². The summed E-state index contributed by atoms with van der Waals surface area (Å²) in [6, 6.07) is 0. The number of unbranched alkanes of at least 4 members (excludes halogenated alkanes) is 1. The molecule has 0 aromatic rings. The minimum Gasteiger partial charge on any atom is -0.458 e. The Morgan fingerprint density at radius 1 is 1.67 bits per heavy atom. The minimum atomic E-state index is -2.28. The molecule has 1 N–H and O–H groups in total. The Bertz CT molecular complexity index is 350. The van der Waals surface area contributed by atoms with E-state index < -0.39 is 23.6 Å². The summed E-state index contributed by atoms with van der Waals surface area (Å²) >= 11 is 0. The van der Waals surface area contributed by atoms with Crippen LogP contribution in [0.15, 0.2) is 12.3 Å². The molecule has 102 valence electrons. The van der Waals surface area contributed by atoms with Crippen molar-refractivity contribution in [2.45, 2.75) is 38.6 Å². The molecule has 1 aliphatic heterocycles. The number of esters is 1. The standard InChI is InChI=1S/C12H18O6/c1-4-5-6-16-10-7-17-11(14)12(10,15)18-9(3)8(2)13/h10,15H,3-7H2,1-2H3. The molecule has 6 nitrogen and oxygen atoms in total. The zero-order valence-corrected chi connectivity index (χ0v) is 10.6. The van der Waals surface area contributed by atoms with Crippen LogP contribution >= 0.6 is 0 Å². The molecule has 18 heavy (non-hydrogen) atoms. The maximum Gasteiger partial charge on any atom is 0.382 e. The zero-order valence-electron chi connectivity index (χ0n) is 10.6. The summed E-state index contributed by atoms with van der Waals surface area (Å²) in [7, 11) is 0. The number of allylic oxidation sites excluding steroid dienone is 1. The first-order valence-corrected chi connectivity index (χ1v) is 5.81. The first-order chi connectivity index (χ1) is 8.41. The van der Waals surface area contributed by atoms with Gasteiger partial charge in [0.15, 0.2) is 17.6 Å². The third-order valence-electron chi connectivity index (χ3n) is 2.58. The largest absolute Gasteiger partial charge is 0.458 e. The van der Waals surface area contributed by atoms with Gasteiger partial charge in [-0.2, -0.15) is 0 Å². The van der Waals surface area contributed by atoms with Crippen molar-refractivity contribution in [1.29, 1.82) is 0 Å². The van der Waals surface area contributed by atoms with E-state index in [0.717, 1.165) is 12.8 Å². The van der Waals surface area contributed by atoms with Gasteiger partial charge in [0.1, 0.15) is 6.61 Å². The van der Waals surface area contributed by atoms with Crippen molar-refractivity contribution in [1.82, 2.24) is 0 Å². The summed E-state index contributed by atoms with van der Waals surface area (Å²) in [6.07, 6.45) is 0.753. The van der Waals surface area contributed by atoms with E-state index in [4.69, 9.17) is 14.2 Å². The normalized spacial score (nSPS) is 26.8. The average molecular weight is 258 g/mol. The van der Waals surface area contributed by atoms with Crippen molar-refractivity contribution < 1.29 is 28.9 Å². The Balaban J connectivity index is 2.69. The Labute approximate surface area is 106 Å². The molecule has 0 amide bonds. The van der Waals surface area contributed by atoms with Crippen LogP contribution in [0.2, 0.25) is 0 Å². The van der Waals surface area contributed by atoms with Gasteiger partial charge in [0.25, 0.3) is 0 Å². The first-order valence-electron chi connectivity index (χ1n) is 5.81. The molecule has 0 spiro atoms. The Hall–Kier alpha value is -1.40. The van der Waals surface area contributed by atoms with Crippen LogP contribution in [0.3, 0.4) is 0 Å². The number of Topliss-reactive ketones (excluding diaryl/α,β-unsaturated/α-hetero) is 1. The monoisotopic (exact) mass is 258 g/mol. The molecule has 6 heteroatoms. The molecule has 2 unspecified atom stereocenters. The number of carbonyl (C=O) groups excluding carboxylic acids is 2. The number of hydrogen-bond donors (Lipinski definition) is 1. The van der Waals surface area contributed by atoms with Crippen LogP contribution in [-0.4, -0.2) is 42.0 Å². The van der Waals surface area contributed by atoms with Gasteiger partial charge in [-0.3, -0.25) is 4.79 Å². The number of hydrogen-bond acceptors (Lipinski definition) is 6. The molecule has 0 bridgehead atoms. The van der Waals surface area contributed by atoms with Gasteiger partial charge in [0.2, 0.25) is 0 Å². The van der Waals surface area contributed by atoms with Gasteiger partial charge in [-0.15, -0.1) is 0 Å². The van der Waals surface area contributed by atoms with E-state index >= 15 is 0 Å². The number of ketones is 1. The average Bonchev–Trinajstić information content (AvgIpc) is 2.57. The summed E-state index contributed by atoms with van der Waals surface area (Å²) in [5.41, 5.74) is 0. The fraction of sp³-hybridized carbons (Fsp3) is 0.667. The molecule has 1 saturated heterocycles. The highest BCUT2D eigenvalue weighted by molar-refractivity contribution is 5.91. The first kappa shape index (κ1) is 14.7. The van der Waals surface area contributed by atoms with Crippen LogP contribution in [0.5, 0.6) is 0 Å².